The second-order valence-corrected chi connectivity index (χ2v) is 4.25. The molecule has 0 unspecified atom stereocenters. The number of hydrogen-bond acceptors (Lipinski definition) is 3. The van der Waals surface area contributed by atoms with E-state index < -0.39 is 0 Å². The normalized spacial score (nSPS) is 10.2. The first-order chi connectivity index (χ1) is 9.19. The molecule has 19 heavy (non-hydrogen) atoms. The quantitative estimate of drug-likeness (QED) is 0.837. The smallest absolute Gasteiger partial charge is 0.216 e. The highest BCUT2D eigenvalue weighted by Gasteiger charge is 2.04. The minimum Gasteiger partial charge on any atom is -0.453 e. The molecule has 1 aromatic carbocycles. The highest BCUT2D eigenvalue weighted by Crippen LogP contribution is 2.21. The molecular formula is C15H15NO3. The summed E-state index contributed by atoms with van der Waals surface area (Å²) in [4.78, 5) is 21.3. The summed E-state index contributed by atoms with van der Waals surface area (Å²) in [7, 11) is 0. The summed E-state index contributed by atoms with van der Waals surface area (Å²) in [5, 5.41) is 2.75. The summed E-state index contributed by atoms with van der Waals surface area (Å²) >= 11 is 0. The molecule has 0 aliphatic rings. The Hall–Kier alpha value is -2.36. The molecule has 1 amide bonds. The van der Waals surface area contributed by atoms with Crippen molar-refractivity contribution in [2.45, 2.75) is 13.3 Å². The molecular weight excluding hydrogens is 242 g/mol. The molecule has 2 rings (SSSR count). The molecule has 4 heteroatoms. The monoisotopic (exact) mass is 257 g/mol. The molecule has 2 aromatic rings. The van der Waals surface area contributed by atoms with Crippen molar-refractivity contribution in [1.29, 1.82) is 0 Å². The van der Waals surface area contributed by atoms with Crippen LogP contribution in [0.25, 0.3) is 11.3 Å². The predicted molar refractivity (Wildman–Crippen MR) is 71.9 cm³/mol. The Morgan fingerprint density at radius 3 is 2.53 bits per heavy atom. The predicted octanol–water partition coefficient (Wildman–Crippen LogP) is 2.44. The van der Waals surface area contributed by atoms with Crippen LogP contribution in [0.15, 0.2) is 40.8 Å². The number of benzene rings is 1. The number of aldehydes is 1. The van der Waals surface area contributed by atoms with Gasteiger partial charge in [0.2, 0.25) is 5.91 Å². The van der Waals surface area contributed by atoms with Crippen LogP contribution in [0.3, 0.4) is 0 Å². The van der Waals surface area contributed by atoms with Crippen molar-refractivity contribution in [3.8, 4) is 11.3 Å². The third-order valence-corrected chi connectivity index (χ3v) is 2.77. The molecule has 0 aliphatic carbocycles. The van der Waals surface area contributed by atoms with E-state index in [1.807, 2.05) is 24.3 Å². The number of amides is 1. The first-order valence-electron chi connectivity index (χ1n) is 6.08. The molecule has 1 aromatic heterocycles. The summed E-state index contributed by atoms with van der Waals surface area (Å²) < 4.78 is 5.35. The zero-order chi connectivity index (χ0) is 13.7. The fourth-order valence-electron chi connectivity index (χ4n) is 1.79. The van der Waals surface area contributed by atoms with Gasteiger partial charge in [-0.1, -0.05) is 24.3 Å². The Morgan fingerprint density at radius 2 is 1.95 bits per heavy atom. The van der Waals surface area contributed by atoms with Crippen LogP contribution in [-0.2, 0) is 11.2 Å². The molecule has 0 atom stereocenters. The largest absolute Gasteiger partial charge is 0.453 e. The maximum atomic E-state index is 10.8. The van der Waals surface area contributed by atoms with Gasteiger partial charge in [-0.25, -0.2) is 0 Å². The van der Waals surface area contributed by atoms with Gasteiger partial charge in [0.1, 0.15) is 5.76 Å². The van der Waals surface area contributed by atoms with E-state index in [9.17, 15) is 9.59 Å². The lowest BCUT2D eigenvalue weighted by Gasteiger charge is -2.03. The zero-order valence-electron chi connectivity index (χ0n) is 10.7. The van der Waals surface area contributed by atoms with Crippen molar-refractivity contribution in [3.05, 3.63) is 47.7 Å². The minimum atomic E-state index is -0.0198. The van der Waals surface area contributed by atoms with E-state index in [4.69, 9.17) is 4.42 Å². The Morgan fingerprint density at radius 1 is 1.21 bits per heavy atom. The second kappa shape index (κ2) is 6.00. The lowest BCUT2D eigenvalue weighted by atomic mass is 10.1. The summed E-state index contributed by atoms with van der Waals surface area (Å²) in [5.74, 6) is 0.980. The van der Waals surface area contributed by atoms with Gasteiger partial charge in [0, 0.05) is 19.0 Å². The summed E-state index contributed by atoms with van der Waals surface area (Å²) in [6, 6.07) is 11.3. The zero-order valence-corrected chi connectivity index (χ0v) is 10.7. The van der Waals surface area contributed by atoms with Gasteiger partial charge in [-0.2, -0.15) is 0 Å². The summed E-state index contributed by atoms with van der Waals surface area (Å²) in [6.07, 6.45) is 1.48. The molecule has 0 saturated carbocycles. The Balaban J connectivity index is 2.01. The minimum absolute atomic E-state index is 0.0198. The van der Waals surface area contributed by atoms with E-state index in [0.717, 1.165) is 17.5 Å². The van der Waals surface area contributed by atoms with Crippen molar-refractivity contribution in [1.82, 2.24) is 5.32 Å². The van der Waals surface area contributed by atoms with Gasteiger partial charge in [-0.05, 0) is 24.1 Å². The van der Waals surface area contributed by atoms with Crippen molar-refractivity contribution in [2.24, 2.45) is 0 Å². The van der Waals surface area contributed by atoms with Crippen LogP contribution in [0.2, 0.25) is 0 Å². The SMILES string of the molecule is CC(=O)NCCc1ccc(-c2ccc(C=O)o2)cc1. The van der Waals surface area contributed by atoms with Gasteiger partial charge in [0.05, 0.1) is 0 Å². The molecule has 0 bridgehead atoms. The van der Waals surface area contributed by atoms with Gasteiger partial charge in [-0.3, -0.25) is 9.59 Å². The molecule has 98 valence electrons. The first-order valence-corrected chi connectivity index (χ1v) is 6.08. The lowest BCUT2D eigenvalue weighted by molar-refractivity contribution is -0.118. The molecule has 0 radical (unpaired) electrons. The van der Waals surface area contributed by atoms with Gasteiger partial charge in [0.15, 0.2) is 12.0 Å². The number of furan rings is 1. The highest BCUT2D eigenvalue weighted by atomic mass is 16.3. The Labute approximate surface area is 111 Å². The number of rotatable bonds is 5. The van der Waals surface area contributed by atoms with E-state index in [-0.39, 0.29) is 5.91 Å². The van der Waals surface area contributed by atoms with Gasteiger partial charge in [-0.15, -0.1) is 0 Å². The molecule has 1 N–H and O–H groups in total. The molecule has 0 aliphatic heterocycles. The second-order valence-electron chi connectivity index (χ2n) is 4.25. The number of hydrogen-bond donors (Lipinski definition) is 1. The topological polar surface area (TPSA) is 59.3 Å². The summed E-state index contributed by atoms with van der Waals surface area (Å²) in [6.45, 7) is 2.13. The van der Waals surface area contributed by atoms with Crippen LogP contribution in [-0.4, -0.2) is 18.7 Å². The van der Waals surface area contributed by atoms with Crippen LogP contribution >= 0.6 is 0 Å². The van der Waals surface area contributed by atoms with Crippen LogP contribution in [0.1, 0.15) is 23.0 Å². The molecule has 0 fully saturated rings. The van der Waals surface area contributed by atoms with Gasteiger partial charge >= 0.3 is 0 Å². The first kappa shape index (κ1) is 13.1. The standard InChI is InChI=1S/C15H15NO3/c1-11(18)16-9-8-12-2-4-13(5-3-12)15-7-6-14(10-17)19-15/h2-7,10H,8-9H2,1H3,(H,16,18). The van der Waals surface area contributed by atoms with Crippen molar-refractivity contribution in [2.75, 3.05) is 6.54 Å². The third-order valence-electron chi connectivity index (χ3n) is 2.77. The van der Waals surface area contributed by atoms with E-state index in [1.165, 1.54) is 6.92 Å². The Kier molecular flexibility index (Phi) is 4.13. The molecule has 4 nitrogen and oxygen atoms in total. The Bertz CT molecular complexity index is 569. The molecule has 0 spiro atoms. The number of carbonyl (C=O) groups excluding carboxylic acids is 2. The van der Waals surface area contributed by atoms with E-state index >= 15 is 0 Å². The highest BCUT2D eigenvalue weighted by molar-refractivity contribution is 5.73. The van der Waals surface area contributed by atoms with Crippen LogP contribution in [0.5, 0.6) is 0 Å². The maximum Gasteiger partial charge on any atom is 0.216 e. The number of carbonyl (C=O) groups is 2. The van der Waals surface area contributed by atoms with E-state index in [1.54, 1.807) is 12.1 Å². The van der Waals surface area contributed by atoms with Crippen molar-refractivity contribution < 1.29 is 14.0 Å². The van der Waals surface area contributed by atoms with Crippen LogP contribution in [0.4, 0.5) is 0 Å². The van der Waals surface area contributed by atoms with Crippen LogP contribution in [0, 0.1) is 0 Å². The van der Waals surface area contributed by atoms with Crippen LogP contribution < -0.4 is 5.32 Å². The van der Waals surface area contributed by atoms with Crippen molar-refractivity contribution >= 4 is 12.2 Å². The maximum absolute atomic E-state index is 10.8. The fraction of sp³-hybridized carbons (Fsp3) is 0.200. The molecule has 1 heterocycles. The molecule has 0 saturated heterocycles. The lowest BCUT2D eigenvalue weighted by Crippen LogP contribution is -2.22. The average Bonchev–Trinajstić information content (AvgIpc) is 2.88. The van der Waals surface area contributed by atoms with E-state index in [0.29, 0.717) is 24.4 Å². The number of nitrogens with one attached hydrogen (secondary N) is 1. The van der Waals surface area contributed by atoms with Crippen molar-refractivity contribution in [3.63, 3.8) is 0 Å². The average molecular weight is 257 g/mol. The van der Waals surface area contributed by atoms with E-state index in [2.05, 4.69) is 5.32 Å². The van der Waals surface area contributed by atoms with Gasteiger partial charge < -0.3 is 9.73 Å². The van der Waals surface area contributed by atoms with Gasteiger partial charge in [0.25, 0.3) is 0 Å². The summed E-state index contributed by atoms with van der Waals surface area (Å²) in [5.41, 5.74) is 2.07. The fourth-order valence-corrected chi connectivity index (χ4v) is 1.79. The third kappa shape index (κ3) is 3.55.